The van der Waals surface area contributed by atoms with Crippen LogP contribution >= 0.6 is 0 Å². The molecule has 44 heavy (non-hydrogen) atoms. The van der Waals surface area contributed by atoms with Crippen molar-refractivity contribution in [1.29, 1.82) is 0 Å². The second kappa shape index (κ2) is 19.2. The average molecular weight is 605 g/mol. The van der Waals surface area contributed by atoms with Crippen LogP contribution in [0.1, 0.15) is 88.4 Å². The molecule has 0 spiro atoms. The molecular formula is C36H48N2O6. The number of nitrogen functional groups attached to an aromatic ring is 2. The fourth-order valence-corrected chi connectivity index (χ4v) is 4.65. The Labute approximate surface area is 262 Å². The van der Waals surface area contributed by atoms with Crippen LogP contribution in [0.5, 0.6) is 11.5 Å². The highest BCUT2D eigenvalue weighted by Gasteiger charge is 2.16. The number of nitrogens with two attached hydrogens (primary N) is 2. The van der Waals surface area contributed by atoms with Crippen molar-refractivity contribution in [1.82, 2.24) is 0 Å². The molecule has 3 rings (SSSR count). The number of unbranched alkanes of at least 4 members (excludes halogenated alkanes) is 8. The monoisotopic (exact) mass is 604 g/mol. The van der Waals surface area contributed by atoms with Crippen molar-refractivity contribution in [2.24, 2.45) is 0 Å². The summed E-state index contributed by atoms with van der Waals surface area (Å²) in [6, 6.07) is 20.6. The molecule has 0 unspecified atom stereocenters. The minimum atomic E-state index is -0.646. The highest BCUT2D eigenvalue weighted by Crippen LogP contribution is 2.25. The Balaban J connectivity index is 1.21. The molecule has 0 heterocycles. The highest BCUT2D eigenvalue weighted by molar-refractivity contribution is 5.91. The van der Waals surface area contributed by atoms with E-state index in [0.29, 0.717) is 42.5 Å². The van der Waals surface area contributed by atoms with Gasteiger partial charge >= 0.3 is 11.9 Å². The van der Waals surface area contributed by atoms with Gasteiger partial charge in [0.15, 0.2) is 6.10 Å². The lowest BCUT2D eigenvalue weighted by atomic mass is 10.1. The molecule has 8 heteroatoms. The van der Waals surface area contributed by atoms with Gasteiger partial charge in [-0.25, -0.2) is 9.59 Å². The van der Waals surface area contributed by atoms with Gasteiger partial charge in [0.05, 0.1) is 25.4 Å². The standard InChI is InChI=1S/C36H48N2O6/c1-3-4-21-42-35(39)27(2)44-34-19-15-29(16-20-34)28-13-17-33(18-14-28)41-22-11-9-7-5-6-8-10-12-23-43-36(40)30-24-31(37)26-32(38)25-30/h13-20,24-27H,3-12,21-23,37-38H2,1-2H3/t27-/m1/s1. The van der Waals surface area contributed by atoms with Crippen molar-refractivity contribution < 1.29 is 28.5 Å². The minimum absolute atomic E-state index is 0.342. The zero-order valence-corrected chi connectivity index (χ0v) is 26.2. The van der Waals surface area contributed by atoms with Gasteiger partial charge in [-0.1, -0.05) is 76.1 Å². The number of benzene rings is 3. The molecule has 238 valence electrons. The van der Waals surface area contributed by atoms with E-state index >= 15 is 0 Å². The van der Waals surface area contributed by atoms with Crippen LogP contribution < -0.4 is 20.9 Å². The fourth-order valence-electron chi connectivity index (χ4n) is 4.65. The van der Waals surface area contributed by atoms with E-state index in [-0.39, 0.29) is 11.9 Å². The van der Waals surface area contributed by atoms with E-state index in [0.717, 1.165) is 61.8 Å². The molecule has 3 aromatic rings. The van der Waals surface area contributed by atoms with E-state index in [1.807, 2.05) is 48.5 Å². The molecule has 0 aromatic heterocycles. The lowest BCUT2D eigenvalue weighted by molar-refractivity contribution is -0.151. The molecule has 0 fully saturated rings. The number of carbonyl (C=O) groups excluding carboxylic acids is 2. The third-order valence-electron chi connectivity index (χ3n) is 7.18. The van der Waals surface area contributed by atoms with Crippen LogP contribution in [0.2, 0.25) is 0 Å². The second-order valence-corrected chi connectivity index (χ2v) is 11.0. The highest BCUT2D eigenvalue weighted by atomic mass is 16.6. The Morgan fingerprint density at radius 3 is 1.70 bits per heavy atom. The van der Waals surface area contributed by atoms with Crippen LogP contribution in [-0.4, -0.2) is 37.9 Å². The van der Waals surface area contributed by atoms with Crippen LogP contribution in [0.25, 0.3) is 11.1 Å². The summed E-state index contributed by atoms with van der Waals surface area (Å²) in [5.74, 6) is 0.774. The number of carbonyl (C=O) groups is 2. The molecule has 0 radical (unpaired) electrons. The van der Waals surface area contributed by atoms with E-state index in [1.165, 1.54) is 19.3 Å². The first-order valence-corrected chi connectivity index (χ1v) is 15.9. The molecule has 0 aliphatic carbocycles. The summed E-state index contributed by atoms with van der Waals surface area (Å²) in [7, 11) is 0. The lowest BCUT2D eigenvalue weighted by Crippen LogP contribution is -2.26. The topological polar surface area (TPSA) is 123 Å². The molecule has 0 bridgehead atoms. The predicted molar refractivity (Wildman–Crippen MR) is 176 cm³/mol. The number of rotatable bonds is 20. The molecule has 0 aliphatic heterocycles. The Kier molecular flexibility index (Phi) is 14.9. The summed E-state index contributed by atoms with van der Waals surface area (Å²) >= 11 is 0. The number of hydrogen-bond donors (Lipinski definition) is 2. The number of esters is 2. The van der Waals surface area contributed by atoms with Crippen molar-refractivity contribution in [3.05, 3.63) is 72.3 Å². The van der Waals surface area contributed by atoms with Gasteiger partial charge in [-0.15, -0.1) is 0 Å². The van der Waals surface area contributed by atoms with Gasteiger partial charge < -0.3 is 30.4 Å². The quantitative estimate of drug-likeness (QED) is 0.0756. The van der Waals surface area contributed by atoms with Crippen LogP contribution in [0.4, 0.5) is 11.4 Å². The summed E-state index contributed by atoms with van der Waals surface area (Å²) in [5, 5.41) is 0. The van der Waals surface area contributed by atoms with Crippen molar-refractivity contribution >= 4 is 23.3 Å². The van der Waals surface area contributed by atoms with E-state index in [9.17, 15) is 9.59 Å². The fraction of sp³-hybridized carbons (Fsp3) is 0.444. The number of ether oxygens (including phenoxy) is 4. The smallest absolute Gasteiger partial charge is 0.347 e. The molecule has 3 aromatic carbocycles. The van der Waals surface area contributed by atoms with Gasteiger partial charge in [0, 0.05) is 11.4 Å². The second-order valence-electron chi connectivity index (χ2n) is 11.0. The molecule has 0 aliphatic rings. The Morgan fingerprint density at radius 2 is 1.14 bits per heavy atom. The Morgan fingerprint density at radius 1 is 0.636 bits per heavy atom. The van der Waals surface area contributed by atoms with E-state index < -0.39 is 6.10 Å². The zero-order valence-electron chi connectivity index (χ0n) is 26.2. The predicted octanol–water partition coefficient (Wildman–Crippen LogP) is 7.99. The lowest BCUT2D eigenvalue weighted by Gasteiger charge is -2.14. The van der Waals surface area contributed by atoms with Crippen molar-refractivity contribution in [2.45, 2.75) is 84.2 Å². The number of hydrogen-bond acceptors (Lipinski definition) is 8. The van der Waals surface area contributed by atoms with Gasteiger partial charge in [0.25, 0.3) is 0 Å². The molecular weight excluding hydrogens is 556 g/mol. The minimum Gasteiger partial charge on any atom is -0.494 e. The molecule has 8 nitrogen and oxygen atoms in total. The summed E-state index contributed by atoms with van der Waals surface area (Å²) in [5.41, 5.74) is 14.9. The maximum absolute atomic E-state index is 12.1. The van der Waals surface area contributed by atoms with Crippen molar-refractivity contribution in [3.8, 4) is 22.6 Å². The Bertz CT molecular complexity index is 1260. The first-order chi connectivity index (χ1) is 21.4. The average Bonchev–Trinajstić information content (AvgIpc) is 3.01. The maximum atomic E-state index is 12.1. The number of anilines is 2. The first kappa shape index (κ1) is 34.3. The van der Waals surface area contributed by atoms with E-state index in [4.69, 9.17) is 30.4 Å². The van der Waals surface area contributed by atoms with E-state index in [2.05, 4.69) is 6.92 Å². The summed E-state index contributed by atoms with van der Waals surface area (Å²) < 4.78 is 22.2. The van der Waals surface area contributed by atoms with Crippen LogP contribution in [0.3, 0.4) is 0 Å². The maximum Gasteiger partial charge on any atom is 0.347 e. The van der Waals surface area contributed by atoms with Crippen LogP contribution in [-0.2, 0) is 14.3 Å². The largest absolute Gasteiger partial charge is 0.494 e. The third-order valence-corrected chi connectivity index (χ3v) is 7.18. The first-order valence-electron chi connectivity index (χ1n) is 15.9. The molecule has 4 N–H and O–H groups in total. The molecule has 0 saturated carbocycles. The zero-order chi connectivity index (χ0) is 31.6. The SMILES string of the molecule is CCCCOC(=O)[C@@H](C)Oc1ccc(-c2ccc(OCCCCCCCCCCOC(=O)c3cc(N)cc(N)c3)cc2)cc1. The van der Waals surface area contributed by atoms with Crippen molar-refractivity contribution in [2.75, 3.05) is 31.3 Å². The van der Waals surface area contributed by atoms with E-state index in [1.54, 1.807) is 25.1 Å². The van der Waals surface area contributed by atoms with Crippen molar-refractivity contribution in [3.63, 3.8) is 0 Å². The summed E-state index contributed by atoms with van der Waals surface area (Å²) in [4.78, 5) is 24.1. The molecule has 0 saturated heterocycles. The third kappa shape index (κ3) is 12.6. The summed E-state index contributed by atoms with van der Waals surface area (Å²) in [6.45, 7) is 5.30. The summed E-state index contributed by atoms with van der Waals surface area (Å²) in [6.07, 6.45) is 9.95. The molecule has 1 atom stereocenters. The van der Waals surface area contributed by atoms with Gasteiger partial charge in [-0.2, -0.15) is 0 Å². The van der Waals surface area contributed by atoms with Crippen LogP contribution in [0.15, 0.2) is 66.7 Å². The molecule has 0 amide bonds. The normalized spacial score (nSPS) is 11.5. The van der Waals surface area contributed by atoms with Gasteiger partial charge in [-0.05, 0) is 79.8 Å². The van der Waals surface area contributed by atoms with Gasteiger partial charge in [0.2, 0.25) is 0 Å². The van der Waals surface area contributed by atoms with Gasteiger partial charge in [-0.3, -0.25) is 0 Å². The Hall–Kier alpha value is -4.20. The van der Waals surface area contributed by atoms with Gasteiger partial charge in [0.1, 0.15) is 11.5 Å². The van der Waals surface area contributed by atoms with Crippen LogP contribution in [0, 0.1) is 0 Å².